The molecule has 9 heterocycles. The Bertz CT molecular complexity index is 8390. The van der Waals surface area contributed by atoms with E-state index in [-0.39, 0.29) is 14.9 Å². The fraction of sp³-hybridized carbons (Fsp3) is 0.0690. The number of para-hydroxylation sites is 2. The minimum absolute atomic E-state index is 0. The highest BCUT2D eigenvalue weighted by atomic mass is 35.5. The monoisotopic (exact) mass is 1800 g/mol. The van der Waals surface area contributed by atoms with Crippen LogP contribution in [0.25, 0.3) is 206 Å². The van der Waals surface area contributed by atoms with E-state index in [1.54, 1.807) is 34.0 Å². The van der Waals surface area contributed by atoms with E-state index in [1.165, 1.54) is 96.2 Å². The van der Waals surface area contributed by atoms with Gasteiger partial charge in [0.15, 0.2) is 11.6 Å². The van der Waals surface area contributed by atoms with Gasteiger partial charge in [-0.15, -0.1) is 34.0 Å². The lowest BCUT2D eigenvalue weighted by Crippen LogP contribution is -2.41. The summed E-state index contributed by atoms with van der Waals surface area (Å²) >= 11 is 17.3. The number of thiophene rings is 3. The van der Waals surface area contributed by atoms with Gasteiger partial charge in [0.25, 0.3) is 0 Å². The van der Waals surface area contributed by atoms with Crippen LogP contribution in [-0.4, -0.2) is 57.4 Å². The molecule has 0 atom stereocenters. The maximum Gasteiger partial charge on any atom is 0.495 e. The number of rotatable bonds is 11. The molecule has 0 radical (unpaired) electrons. The lowest BCUT2D eigenvalue weighted by atomic mass is 9.76. The van der Waals surface area contributed by atoms with E-state index in [2.05, 4.69) is 368 Å². The van der Waals surface area contributed by atoms with Crippen LogP contribution in [0.2, 0.25) is 10.3 Å². The largest absolute Gasteiger partial charge is 0.495 e. The molecule has 1 saturated heterocycles. The molecule has 8 aromatic heterocycles. The Kier molecular flexibility index (Phi) is 23.5. The lowest BCUT2D eigenvalue weighted by Gasteiger charge is -2.32. The van der Waals surface area contributed by atoms with Gasteiger partial charge in [0, 0.05) is 112 Å². The smallest absolute Gasteiger partial charge is 0.399 e. The molecule has 638 valence electrons. The highest BCUT2D eigenvalue weighted by Gasteiger charge is 2.52. The van der Waals surface area contributed by atoms with Crippen molar-refractivity contribution in [3.05, 3.63) is 417 Å². The lowest BCUT2D eigenvalue weighted by molar-refractivity contribution is 0.00578. The summed E-state index contributed by atoms with van der Waals surface area (Å²) in [6, 6.07) is 142. The predicted octanol–water partition coefficient (Wildman–Crippen LogP) is 32.6. The number of hydrogen-bond acceptors (Lipinski definition) is 11. The first-order valence-corrected chi connectivity index (χ1v) is 46.5. The third-order valence-corrected chi connectivity index (χ3v) is 28.3. The van der Waals surface area contributed by atoms with Gasteiger partial charge in [-0.2, -0.15) is 0 Å². The summed E-state index contributed by atoms with van der Waals surface area (Å²) in [5.41, 5.74) is 22.4. The summed E-state index contributed by atoms with van der Waals surface area (Å²) in [4.78, 5) is 32.1. The molecule has 0 bridgehead atoms. The number of benzene rings is 16. The third kappa shape index (κ3) is 16.0. The van der Waals surface area contributed by atoms with Crippen LogP contribution in [0.5, 0.6) is 0 Å². The number of halogens is 2. The van der Waals surface area contributed by atoms with E-state index >= 15 is 0 Å². The Balaban J connectivity index is 0.000000115. The summed E-state index contributed by atoms with van der Waals surface area (Å²) in [5, 5.41) is 12.7. The highest BCUT2D eigenvalue weighted by molar-refractivity contribution is 7.26. The van der Waals surface area contributed by atoms with Crippen LogP contribution in [0.4, 0.5) is 0 Å². The number of hydrogen-bond donors (Lipinski definition) is 0. The van der Waals surface area contributed by atoms with Crippen molar-refractivity contribution >= 4 is 174 Å². The minimum atomic E-state index is -0.427. The average Bonchev–Trinajstić information content (AvgIpc) is 1.59. The van der Waals surface area contributed by atoms with E-state index in [0.29, 0.717) is 16.1 Å². The van der Waals surface area contributed by atoms with Crippen molar-refractivity contribution in [3.8, 4) is 101 Å². The Hall–Kier alpha value is -14.4. The molecule has 0 aliphatic carbocycles. The zero-order valence-corrected chi connectivity index (χ0v) is 75.1. The Labute approximate surface area is 788 Å². The average molecular weight is 1800 g/mol. The van der Waals surface area contributed by atoms with Crippen molar-refractivity contribution in [3.63, 3.8) is 0 Å². The van der Waals surface area contributed by atoms with Crippen LogP contribution in [0.15, 0.2) is 406 Å². The molecule has 16 heteroatoms. The van der Waals surface area contributed by atoms with E-state index in [4.69, 9.17) is 52.4 Å². The number of nitrogens with zero attached hydrogens (tertiary/aromatic N) is 8. The molecule has 16 aromatic carbocycles. The van der Waals surface area contributed by atoms with E-state index in [0.717, 1.165) is 109 Å². The second-order valence-electron chi connectivity index (χ2n) is 33.2. The van der Waals surface area contributed by atoms with Crippen molar-refractivity contribution in [2.24, 2.45) is 0 Å². The van der Waals surface area contributed by atoms with Gasteiger partial charge in [0.05, 0.1) is 50.4 Å². The van der Waals surface area contributed by atoms with Crippen LogP contribution in [0.1, 0.15) is 42.5 Å². The molecule has 0 spiro atoms. The second kappa shape index (κ2) is 36.1. The first-order chi connectivity index (χ1) is 63.8. The SMILES string of the molecule is C.C.CC1(C)OB(c2cccc3c2c2cc(-c4ccccc4)ccc2n3-c2ccccc2)OC1(C)C.Clc1cccc(-c2nc(-c3ccccc3)c3c(n2)sc2ccccc23)c1.Clc1nc(-c2ccccc2)c2c(n1)sc1ccccc12.c1ccc(-c2ccc3c(c2)c2c(-c4cccc(-c5nc(-c6ccccc6)c6c(n5)sc5ccccc56)c4)cccc2n3-c2ccccc2)cc1. The minimum Gasteiger partial charge on any atom is -0.399 e. The molecule has 0 unspecified atom stereocenters. The van der Waals surface area contributed by atoms with Crippen molar-refractivity contribution in [2.75, 3.05) is 0 Å². The summed E-state index contributed by atoms with van der Waals surface area (Å²) in [6.07, 6.45) is 0. The van der Waals surface area contributed by atoms with E-state index in [9.17, 15) is 0 Å². The van der Waals surface area contributed by atoms with Crippen LogP contribution in [0, 0.1) is 0 Å². The molecule has 0 N–H and O–H groups in total. The van der Waals surface area contributed by atoms with E-state index < -0.39 is 18.3 Å². The standard InChI is InChI=1S/C46H29N3S.C30H28BNO2.C22H13ClN2S.C16H9ClN2S.2CH4/c1-4-14-30(15-5-1)32-26-27-39-38(29-32)42-36(23-13-24-40(42)49(39)35-20-8-3-9-21-35)33-18-12-19-34(28-33)45-47-44(31-16-6-2-7-17-31)43-37-22-10-11-25-41(37)50-46(43)48-45;1-29(2)30(3,4)34-31(33-29)25-16-11-17-27-28(25)24-20-22(21-12-7-5-8-13-21)18-19-26(24)32(27)23-14-9-6-10-15-23;23-16-10-6-9-15(13-16)21-24-20(14-7-2-1-3-8-14)19-17-11-4-5-12-18(17)26-22(19)25-21;17-16-18-14(10-6-2-1-3-7-10)13-11-8-4-5-9-12(11)20-15(13)19-16;;/h1-29H;5-20H,1-4H3;1-13H;1-9H;2*1H4. The number of aromatic nitrogens is 8. The zero-order valence-electron chi connectivity index (χ0n) is 71.1. The molecule has 25 rings (SSSR count). The molecular weight excluding hydrogens is 1720 g/mol. The molecule has 1 aliphatic heterocycles. The predicted molar refractivity (Wildman–Crippen MR) is 563 cm³/mol. The third-order valence-electron chi connectivity index (χ3n) is 24.7. The number of fused-ring (bicyclic) bond motifs is 15. The molecule has 24 aromatic rings. The first-order valence-electron chi connectivity index (χ1n) is 43.3. The fourth-order valence-corrected chi connectivity index (χ4v) is 21.5. The Morgan fingerprint density at radius 2 is 0.614 bits per heavy atom. The molecule has 10 nitrogen and oxygen atoms in total. The molecule has 0 saturated carbocycles. The highest BCUT2D eigenvalue weighted by Crippen LogP contribution is 2.47. The second-order valence-corrected chi connectivity index (χ2v) is 37.1. The summed E-state index contributed by atoms with van der Waals surface area (Å²) < 4.78 is 21.4. The normalized spacial score (nSPS) is 12.7. The van der Waals surface area contributed by atoms with Gasteiger partial charge < -0.3 is 18.4 Å². The van der Waals surface area contributed by atoms with Crippen LogP contribution in [0.3, 0.4) is 0 Å². The topological polar surface area (TPSA) is 106 Å². The van der Waals surface area contributed by atoms with E-state index in [1.807, 2.05) is 84.9 Å². The molecule has 132 heavy (non-hydrogen) atoms. The molecule has 0 amide bonds. The van der Waals surface area contributed by atoms with Gasteiger partial charge in [-0.05, 0) is 175 Å². The van der Waals surface area contributed by atoms with Gasteiger partial charge in [-0.25, -0.2) is 29.9 Å². The van der Waals surface area contributed by atoms with Crippen molar-refractivity contribution in [1.82, 2.24) is 39.0 Å². The van der Waals surface area contributed by atoms with Crippen LogP contribution < -0.4 is 5.46 Å². The van der Waals surface area contributed by atoms with Crippen molar-refractivity contribution < 1.29 is 9.31 Å². The van der Waals surface area contributed by atoms with Gasteiger partial charge in [-0.1, -0.05) is 336 Å². The Morgan fingerprint density at radius 3 is 1.06 bits per heavy atom. The quantitative estimate of drug-likeness (QED) is 0.0931. The Morgan fingerprint density at radius 1 is 0.265 bits per heavy atom. The van der Waals surface area contributed by atoms with Crippen molar-refractivity contribution in [1.29, 1.82) is 0 Å². The summed E-state index contributed by atoms with van der Waals surface area (Å²) in [5.74, 6) is 1.43. The van der Waals surface area contributed by atoms with Gasteiger partial charge >= 0.3 is 7.12 Å². The van der Waals surface area contributed by atoms with Gasteiger partial charge in [0.2, 0.25) is 5.28 Å². The fourth-order valence-electron chi connectivity index (χ4n) is 17.9. The maximum absolute atomic E-state index is 6.51. The maximum atomic E-state index is 6.51. The summed E-state index contributed by atoms with van der Waals surface area (Å²) in [7, 11) is -0.427. The van der Waals surface area contributed by atoms with Crippen LogP contribution in [-0.2, 0) is 9.31 Å². The van der Waals surface area contributed by atoms with Gasteiger partial charge in [-0.3, -0.25) is 0 Å². The van der Waals surface area contributed by atoms with Crippen LogP contribution >= 0.6 is 57.2 Å². The van der Waals surface area contributed by atoms with Crippen molar-refractivity contribution in [2.45, 2.75) is 53.8 Å². The molecule has 1 fully saturated rings. The van der Waals surface area contributed by atoms with Gasteiger partial charge in [0.1, 0.15) is 14.5 Å². The first kappa shape index (κ1) is 85.7. The summed E-state index contributed by atoms with van der Waals surface area (Å²) in [6.45, 7) is 8.42. The zero-order chi connectivity index (χ0) is 87.6. The molecule has 1 aliphatic rings. The molecular formula is C116H87BCl2N8O2S3.